The molecule has 0 amide bonds. The number of hydrogen-bond acceptors (Lipinski definition) is 22. The summed E-state index contributed by atoms with van der Waals surface area (Å²) in [6, 6.07) is 22.8. The van der Waals surface area contributed by atoms with Gasteiger partial charge in [0.2, 0.25) is 0 Å². The summed E-state index contributed by atoms with van der Waals surface area (Å²) in [5.41, 5.74) is 12.6. The van der Waals surface area contributed by atoms with Crippen molar-refractivity contribution in [2.24, 2.45) is 0 Å². The number of rotatable bonds is 14. The number of benzene rings is 6. The number of nitrogens with two attached hydrogens (primary N) is 2. The first-order chi connectivity index (χ1) is 36.4. The third-order valence-corrected chi connectivity index (χ3v) is 17.7. The number of nitro benzene ring substituents is 4. The van der Waals surface area contributed by atoms with Gasteiger partial charge < -0.3 is 11.5 Å². The van der Waals surface area contributed by atoms with Crippen molar-refractivity contribution in [2.45, 2.75) is 43.2 Å². The summed E-state index contributed by atoms with van der Waals surface area (Å²) >= 11 is 0. The molecule has 0 saturated heterocycles. The topological polar surface area (TPSA) is 429 Å². The van der Waals surface area contributed by atoms with Crippen LogP contribution in [0.2, 0.25) is 0 Å². The predicted molar refractivity (Wildman–Crippen MR) is 300 cm³/mol. The minimum atomic E-state index is -3.92. The van der Waals surface area contributed by atoms with Gasteiger partial charge in [0.1, 0.15) is 0 Å². The van der Waals surface area contributed by atoms with Gasteiger partial charge in [0.15, 0.2) is 49.2 Å². The smallest absolute Gasteiger partial charge is 0.270 e. The Bertz CT molecular complexity index is 3980. The van der Waals surface area contributed by atoms with Gasteiger partial charge in [-0.1, -0.05) is 48.6 Å². The average Bonchev–Trinajstić information content (AvgIpc) is 3.32. The Morgan fingerprint density at radius 2 is 0.562 bits per heavy atom. The molecule has 0 spiro atoms. The summed E-state index contributed by atoms with van der Waals surface area (Å²) < 4.78 is 140. The van der Waals surface area contributed by atoms with E-state index in [2.05, 4.69) is 0 Å². The highest BCUT2D eigenvalue weighted by Crippen LogP contribution is 2.29. The number of nitrogens with zero attached hydrogens (tertiary/aromatic N) is 4. The van der Waals surface area contributed by atoms with Crippen LogP contribution >= 0.6 is 10.7 Å². The highest BCUT2D eigenvalue weighted by Gasteiger charge is 2.22. The lowest BCUT2D eigenvalue weighted by molar-refractivity contribution is -0.385. The SMILES string of the molecule is CS(=O)(=O)c1cc(N)ccc1/C=C/c1ccc(N)cc1S(C)(=O)=O.CS(=O)(=O)c1cc([N+](=O)[O-])ccc1/C=C/c1ccc([N+](=O)[O-])cc1S(C)(=O)=O.Cc1ccc([N+](=O)[O-])cc1S(=O)(=O)Cl.Cc1ccc([N+](=O)[O-])cc1S(C)(=O)=O. The molecular weight excluding hydrogens is 1200 g/mol. The molecule has 6 rings (SSSR count). The van der Waals surface area contributed by atoms with Gasteiger partial charge in [-0.25, -0.2) is 50.5 Å². The third kappa shape index (κ3) is 19.1. The fourth-order valence-corrected chi connectivity index (χ4v) is 12.5. The summed E-state index contributed by atoms with van der Waals surface area (Å²) in [4.78, 5) is 39.1. The lowest BCUT2D eigenvalue weighted by Gasteiger charge is -2.07. The van der Waals surface area contributed by atoms with Crippen molar-refractivity contribution in [1.82, 2.24) is 0 Å². The first kappa shape index (κ1) is 66.3. The number of nitro groups is 4. The second-order valence-electron chi connectivity index (χ2n) is 16.9. The Balaban J connectivity index is 0.000000293. The van der Waals surface area contributed by atoms with Gasteiger partial charge in [-0.05, 0) is 83.6 Å². The van der Waals surface area contributed by atoms with Crippen LogP contribution in [0.5, 0.6) is 0 Å². The maximum atomic E-state index is 12.0. The van der Waals surface area contributed by atoms with Crippen LogP contribution in [-0.4, -0.2) is 101 Å². The van der Waals surface area contributed by atoms with Crippen molar-refractivity contribution in [1.29, 1.82) is 0 Å². The van der Waals surface area contributed by atoms with E-state index in [0.717, 1.165) is 67.7 Å². The third-order valence-electron chi connectivity index (χ3n) is 10.4. The van der Waals surface area contributed by atoms with E-state index in [1.807, 2.05) is 0 Å². The molecule has 428 valence electrons. The Morgan fingerprint density at radius 1 is 0.350 bits per heavy atom. The van der Waals surface area contributed by atoms with Crippen molar-refractivity contribution < 1.29 is 70.2 Å². The van der Waals surface area contributed by atoms with Crippen molar-refractivity contribution >= 4 is 127 Å². The normalized spacial score (nSPS) is 12.0. The molecule has 0 aliphatic carbocycles. The van der Waals surface area contributed by atoms with Crippen LogP contribution in [0.3, 0.4) is 0 Å². The number of anilines is 2. The van der Waals surface area contributed by atoms with Gasteiger partial charge in [-0.2, -0.15) is 0 Å². The molecule has 80 heavy (non-hydrogen) atoms. The van der Waals surface area contributed by atoms with E-state index in [4.69, 9.17) is 22.1 Å². The Morgan fingerprint density at radius 3 is 0.812 bits per heavy atom. The van der Waals surface area contributed by atoms with Crippen LogP contribution in [-0.2, 0) is 58.2 Å². The monoisotopic (exact) mass is 1240 g/mol. The maximum absolute atomic E-state index is 12.0. The molecule has 0 aliphatic rings. The highest BCUT2D eigenvalue weighted by molar-refractivity contribution is 8.13. The summed E-state index contributed by atoms with van der Waals surface area (Å²) in [6.07, 6.45) is 10.6. The van der Waals surface area contributed by atoms with E-state index in [9.17, 15) is 91.0 Å². The number of hydrogen-bond donors (Lipinski definition) is 2. The Hall–Kier alpha value is -8.01. The molecule has 26 nitrogen and oxygen atoms in total. The molecule has 0 radical (unpaired) electrons. The van der Waals surface area contributed by atoms with Gasteiger partial charge in [0.25, 0.3) is 31.8 Å². The summed E-state index contributed by atoms with van der Waals surface area (Å²) in [5, 5.41) is 42.5. The lowest BCUT2D eigenvalue weighted by atomic mass is 10.1. The lowest BCUT2D eigenvalue weighted by Crippen LogP contribution is -2.02. The zero-order valence-corrected chi connectivity index (χ0v) is 48.3. The van der Waals surface area contributed by atoms with Crippen molar-refractivity contribution in [2.75, 3.05) is 42.7 Å². The van der Waals surface area contributed by atoms with E-state index < -0.39 is 89.3 Å². The molecule has 0 aliphatic heterocycles. The quantitative estimate of drug-likeness (QED) is 0.0351. The molecule has 6 aromatic rings. The van der Waals surface area contributed by atoms with Gasteiger partial charge in [0, 0.05) is 102 Å². The summed E-state index contributed by atoms with van der Waals surface area (Å²) in [7, 11) is -16.8. The van der Waals surface area contributed by atoms with Gasteiger partial charge in [-0.15, -0.1) is 0 Å². The molecule has 0 bridgehead atoms. The largest absolute Gasteiger partial charge is 0.399 e. The summed E-state index contributed by atoms with van der Waals surface area (Å²) in [5.74, 6) is 0. The molecule has 6 aromatic carbocycles. The molecule has 4 N–H and O–H groups in total. The van der Waals surface area contributed by atoms with Crippen LogP contribution < -0.4 is 11.5 Å². The fourth-order valence-electron chi connectivity index (χ4n) is 6.64. The Labute approximate surface area is 463 Å². The highest BCUT2D eigenvalue weighted by atomic mass is 35.7. The standard InChI is InChI=1S/C16H14N2O8S2.C16H18N2O4S2.C8H9NO4S.C7H6ClNO4S/c1-27(23,24)15-9-13(17(19)20)7-5-11(15)3-4-12-6-8-14(18(21)22)10-16(12)28(2,25)26;1-23(19,20)15-9-13(17)7-5-11(15)3-4-12-6-8-14(18)10-16(12)24(2,21)22;1-6-3-4-7(9(10)11)5-8(6)14(2,12)13;1-5-2-3-6(9(10)11)4-7(5)14(8,12)13/h3-10H,1-2H3;3-10H,17-18H2,1-2H3;3-5H,1-2H3;2-4H,1H3/b2*4-3+;;. The van der Waals surface area contributed by atoms with E-state index in [-0.39, 0.29) is 51.9 Å². The molecule has 0 aromatic heterocycles. The van der Waals surface area contributed by atoms with Gasteiger partial charge >= 0.3 is 0 Å². The molecule has 0 fully saturated rings. The maximum Gasteiger partial charge on any atom is 0.270 e. The first-order valence-corrected chi connectivity index (χ1v) is 33.4. The van der Waals surface area contributed by atoms with Crippen molar-refractivity contribution in [3.63, 3.8) is 0 Å². The van der Waals surface area contributed by atoms with Crippen LogP contribution in [0.25, 0.3) is 24.3 Å². The zero-order valence-electron chi connectivity index (χ0n) is 42.6. The molecule has 0 unspecified atom stereocenters. The zero-order chi connectivity index (χ0) is 61.3. The van der Waals surface area contributed by atoms with Crippen molar-refractivity contribution in [3.05, 3.63) is 183 Å². The van der Waals surface area contributed by atoms with Gasteiger partial charge in [-0.3, -0.25) is 40.5 Å². The van der Waals surface area contributed by atoms with Crippen molar-refractivity contribution in [3.8, 4) is 0 Å². The number of nitrogen functional groups attached to an aromatic ring is 2. The summed E-state index contributed by atoms with van der Waals surface area (Å²) in [6.45, 7) is 3.11. The minimum Gasteiger partial charge on any atom is -0.399 e. The van der Waals surface area contributed by atoms with E-state index >= 15 is 0 Å². The van der Waals surface area contributed by atoms with E-state index in [1.165, 1.54) is 79.8 Å². The molecular formula is C47H47ClN6O20S6. The second kappa shape index (κ2) is 25.8. The Kier molecular flexibility index (Phi) is 21.4. The van der Waals surface area contributed by atoms with E-state index in [1.54, 1.807) is 31.2 Å². The van der Waals surface area contributed by atoms with Crippen LogP contribution in [0.15, 0.2) is 139 Å². The van der Waals surface area contributed by atoms with Crippen LogP contribution in [0, 0.1) is 54.3 Å². The van der Waals surface area contributed by atoms with Gasteiger partial charge in [0.05, 0.1) is 49.1 Å². The number of halogens is 1. The minimum absolute atomic E-state index is 0.00620. The molecule has 33 heteroatoms. The fraction of sp³-hybridized carbons (Fsp3) is 0.149. The first-order valence-electron chi connectivity index (χ1n) is 21.6. The second-order valence-corrected chi connectivity index (χ2v) is 29.4. The molecule has 0 saturated carbocycles. The molecule has 0 heterocycles. The van der Waals surface area contributed by atoms with Crippen LogP contribution in [0.4, 0.5) is 34.1 Å². The van der Waals surface area contributed by atoms with E-state index in [0.29, 0.717) is 33.6 Å². The van der Waals surface area contributed by atoms with Crippen LogP contribution in [0.1, 0.15) is 33.4 Å². The molecule has 0 atom stereocenters. The number of non-ortho nitro benzene ring substituents is 4. The number of aryl methyl sites for hydroxylation is 2. The predicted octanol–water partition coefficient (Wildman–Crippen LogP) is 7.45. The number of sulfone groups is 5. The average molecular weight is 1240 g/mol.